The van der Waals surface area contributed by atoms with Crippen molar-refractivity contribution in [2.45, 2.75) is 32.2 Å². The molecule has 2 heterocycles. The summed E-state index contributed by atoms with van der Waals surface area (Å²) in [7, 11) is 1.39. The topological polar surface area (TPSA) is 72.7 Å². The predicted molar refractivity (Wildman–Crippen MR) is 77.9 cm³/mol. The van der Waals surface area contributed by atoms with Gasteiger partial charge in [-0.15, -0.1) is 0 Å². The first-order chi connectivity index (χ1) is 11.0. The lowest BCUT2D eigenvalue weighted by Crippen LogP contribution is -2.31. The van der Waals surface area contributed by atoms with Crippen LogP contribution in [0.3, 0.4) is 0 Å². The molecule has 2 aromatic heterocycles. The van der Waals surface area contributed by atoms with Crippen molar-refractivity contribution >= 4 is 5.91 Å². The van der Waals surface area contributed by atoms with Crippen LogP contribution in [-0.4, -0.2) is 25.7 Å². The summed E-state index contributed by atoms with van der Waals surface area (Å²) in [5.41, 5.74) is 0.499. The van der Waals surface area contributed by atoms with E-state index in [1.54, 1.807) is 12.3 Å². The van der Waals surface area contributed by atoms with Crippen molar-refractivity contribution in [2.75, 3.05) is 0 Å². The van der Waals surface area contributed by atoms with Crippen molar-refractivity contribution in [3.63, 3.8) is 0 Å². The van der Waals surface area contributed by atoms with Gasteiger partial charge in [-0.25, -0.2) is 18.7 Å². The Kier molecular flexibility index (Phi) is 4.06. The second-order valence-electron chi connectivity index (χ2n) is 5.72. The Labute approximate surface area is 131 Å². The molecule has 0 saturated heterocycles. The first kappa shape index (κ1) is 15.5. The van der Waals surface area contributed by atoms with Crippen LogP contribution < -0.4 is 5.32 Å². The molecule has 0 spiro atoms. The van der Waals surface area contributed by atoms with Crippen molar-refractivity contribution in [1.82, 2.24) is 25.1 Å². The lowest BCUT2D eigenvalue weighted by molar-refractivity contribution is 0.0923. The van der Waals surface area contributed by atoms with E-state index in [1.165, 1.54) is 7.05 Å². The number of nitrogens with one attached hydrogen (secondary N) is 1. The number of alkyl halides is 2. The minimum absolute atomic E-state index is 0.0268. The van der Waals surface area contributed by atoms with Gasteiger partial charge in [0.2, 0.25) is 0 Å². The molecule has 2 aromatic rings. The molecular formula is C15H17F2N5O. The largest absolute Gasteiger partial charge is 0.340 e. The van der Waals surface area contributed by atoms with Crippen LogP contribution in [0.25, 0.3) is 0 Å². The number of aromatic nitrogens is 4. The molecule has 1 unspecified atom stereocenters. The lowest BCUT2D eigenvalue weighted by atomic mass is 10.1. The molecule has 8 heteroatoms. The SMILES string of the molecule is Cc1ccnc(C(NC(=O)c2cc(C(F)F)n(C)n2)C2CC2)n1. The molecule has 1 fully saturated rings. The Hall–Kier alpha value is -2.38. The summed E-state index contributed by atoms with van der Waals surface area (Å²) in [5.74, 6) is 0.333. The Morgan fingerprint density at radius 3 is 2.74 bits per heavy atom. The van der Waals surface area contributed by atoms with Crippen LogP contribution in [0.15, 0.2) is 18.3 Å². The second-order valence-corrected chi connectivity index (χ2v) is 5.72. The number of hydrogen-bond acceptors (Lipinski definition) is 4. The highest BCUT2D eigenvalue weighted by Crippen LogP contribution is 2.40. The third-order valence-corrected chi connectivity index (χ3v) is 3.84. The zero-order valence-electron chi connectivity index (χ0n) is 12.8. The van der Waals surface area contributed by atoms with Gasteiger partial charge >= 0.3 is 0 Å². The van der Waals surface area contributed by atoms with E-state index in [1.807, 2.05) is 6.92 Å². The molecule has 0 bridgehead atoms. The number of aryl methyl sites for hydroxylation is 2. The number of nitrogens with zero attached hydrogens (tertiary/aromatic N) is 4. The van der Waals surface area contributed by atoms with E-state index in [-0.39, 0.29) is 23.3 Å². The average Bonchev–Trinajstić information content (AvgIpc) is 3.26. The molecule has 1 saturated carbocycles. The highest BCUT2D eigenvalue weighted by molar-refractivity contribution is 5.92. The maximum atomic E-state index is 12.8. The maximum absolute atomic E-state index is 12.8. The number of carbonyl (C=O) groups is 1. The van der Waals surface area contributed by atoms with Gasteiger partial charge in [0.1, 0.15) is 5.69 Å². The summed E-state index contributed by atoms with van der Waals surface area (Å²) < 4.78 is 26.6. The normalized spacial score (nSPS) is 15.7. The van der Waals surface area contributed by atoms with Crippen molar-refractivity contribution in [2.24, 2.45) is 13.0 Å². The van der Waals surface area contributed by atoms with Crippen LogP contribution in [0, 0.1) is 12.8 Å². The number of halogens is 2. The van der Waals surface area contributed by atoms with E-state index < -0.39 is 12.3 Å². The minimum atomic E-state index is -2.67. The van der Waals surface area contributed by atoms with Gasteiger partial charge in [-0.3, -0.25) is 9.48 Å². The van der Waals surface area contributed by atoms with Crippen LogP contribution in [0.4, 0.5) is 8.78 Å². The Balaban J connectivity index is 1.80. The minimum Gasteiger partial charge on any atom is -0.340 e. The summed E-state index contributed by atoms with van der Waals surface area (Å²) in [4.78, 5) is 20.9. The molecule has 1 amide bonds. The first-order valence-electron chi connectivity index (χ1n) is 7.38. The molecule has 1 aliphatic carbocycles. The second kappa shape index (κ2) is 6.02. The number of hydrogen-bond donors (Lipinski definition) is 1. The fourth-order valence-corrected chi connectivity index (χ4v) is 2.45. The summed E-state index contributed by atoms with van der Waals surface area (Å²) in [6.07, 6.45) is 0.933. The molecule has 0 radical (unpaired) electrons. The van der Waals surface area contributed by atoms with Crippen LogP contribution in [0.1, 0.15) is 53.0 Å². The highest BCUT2D eigenvalue weighted by atomic mass is 19.3. The van der Waals surface area contributed by atoms with Crippen molar-refractivity contribution in [3.8, 4) is 0 Å². The fourth-order valence-electron chi connectivity index (χ4n) is 2.45. The third kappa shape index (κ3) is 3.35. The Morgan fingerprint density at radius 1 is 1.43 bits per heavy atom. The van der Waals surface area contributed by atoms with Crippen LogP contribution in [0.2, 0.25) is 0 Å². The zero-order chi connectivity index (χ0) is 16.6. The lowest BCUT2D eigenvalue weighted by Gasteiger charge is -2.16. The smallest absolute Gasteiger partial charge is 0.280 e. The number of carbonyl (C=O) groups excluding carboxylic acids is 1. The van der Waals surface area contributed by atoms with Gasteiger partial charge in [0.25, 0.3) is 12.3 Å². The molecule has 3 rings (SSSR count). The maximum Gasteiger partial charge on any atom is 0.280 e. The van der Waals surface area contributed by atoms with Gasteiger partial charge in [-0.1, -0.05) is 0 Å². The van der Waals surface area contributed by atoms with Crippen LogP contribution in [0.5, 0.6) is 0 Å². The first-order valence-corrected chi connectivity index (χ1v) is 7.38. The van der Waals surface area contributed by atoms with Gasteiger partial charge in [0.15, 0.2) is 11.5 Å². The van der Waals surface area contributed by atoms with Gasteiger partial charge in [0.05, 0.1) is 6.04 Å². The van der Waals surface area contributed by atoms with E-state index in [0.717, 1.165) is 29.3 Å². The molecule has 1 atom stereocenters. The van der Waals surface area contributed by atoms with Crippen molar-refractivity contribution in [3.05, 3.63) is 41.2 Å². The zero-order valence-corrected chi connectivity index (χ0v) is 12.8. The molecular weight excluding hydrogens is 304 g/mol. The van der Waals surface area contributed by atoms with E-state index in [4.69, 9.17) is 0 Å². The van der Waals surface area contributed by atoms with Gasteiger partial charge in [-0.2, -0.15) is 5.10 Å². The molecule has 0 aromatic carbocycles. The van der Waals surface area contributed by atoms with E-state index in [9.17, 15) is 13.6 Å². The third-order valence-electron chi connectivity index (χ3n) is 3.84. The number of rotatable bonds is 5. The summed E-state index contributed by atoms with van der Waals surface area (Å²) >= 11 is 0. The van der Waals surface area contributed by atoms with Gasteiger partial charge in [0, 0.05) is 18.9 Å². The van der Waals surface area contributed by atoms with Crippen molar-refractivity contribution in [1.29, 1.82) is 0 Å². The summed E-state index contributed by atoms with van der Waals surface area (Å²) in [5, 5.41) is 6.69. The summed E-state index contributed by atoms with van der Waals surface area (Å²) in [6, 6.07) is 2.57. The molecule has 6 nitrogen and oxygen atoms in total. The Morgan fingerprint density at radius 2 is 2.17 bits per heavy atom. The number of amides is 1. The molecule has 1 aliphatic rings. The standard InChI is InChI=1S/C15H17F2N5O/c1-8-5-6-18-14(19-8)12(9-3-4-9)20-15(23)10-7-11(13(16)17)22(2)21-10/h5-7,9,12-13H,3-4H2,1-2H3,(H,20,23). The van der Waals surface area contributed by atoms with E-state index >= 15 is 0 Å². The molecule has 23 heavy (non-hydrogen) atoms. The molecule has 122 valence electrons. The monoisotopic (exact) mass is 321 g/mol. The van der Waals surface area contributed by atoms with E-state index in [0.29, 0.717) is 5.82 Å². The summed E-state index contributed by atoms with van der Waals surface area (Å²) in [6.45, 7) is 1.85. The Bertz CT molecular complexity index is 726. The fraction of sp³-hybridized carbons (Fsp3) is 0.467. The predicted octanol–water partition coefficient (Wildman–Crippen LogP) is 2.34. The highest BCUT2D eigenvalue weighted by Gasteiger charge is 2.36. The molecule has 1 N–H and O–H groups in total. The average molecular weight is 321 g/mol. The molecule has 0 aliphatic heterocycles. The quantitative estimate of drug-likeness (QED) is 0.917. The van der Waals surface area contributed by atoms with Crippen LogP contribution >= 0.6 is 0 Å². The van der Waals surface area contributed by atoms with Crippen LogP contribution in [-0.2, 0) is 7.05 Å². The van der Waals surface area contributed by atoms with Crippen molar-refractivity contribution < 1.29 is 13.6 Å². The van der Waals surface area contributed by atoms with E-state index in [2.05, 4.69) is 20.4 Å². The van der Waals surface area contributed by atoms with Gasteiger partial charge in [-0.05, 0) is 37.8 Å². The van der Waals surface area contributed by atoms with Gasteiger partial charge < -0.3 is 5.32 Å².